The number of rotatable bonds is 2. The monoisotopic (exact) mass is 352 g/mol. The molecule has 0 saturated carbocycles. The Balaban J connectivity index is 1.88. The summed E-state index contributed by atoms with van der Waals surface area (Å²) in [6.07, 6.45) is 1.28. The molecule has 108 valence electrons. The van der Waals surface area contributed by atoms with Crippen LogP contribution in [0.15, 0.2) is 34.9 Å². The van der Waals surface area contributed by atoms with Crippen molar-refractivity contribution in [2.75, 3.05) is 18.5 Å². The molecule has 1 aliphatic rings. The minimum absolute atomic E-state index is 0.126. The average Bonchev–Trinajstić information content (AvgIpc) is 2.48. The van der Waals surface area contributed by atoms with Crippen LogP contribution in [0.4, 0.5) is 10.1 Å². The third-order valence-corrected chi connectivity index (χ3v) is 3.54. The standard InChI is InChI=1S/C14H10BrFN2O3/c15-9-6-11-12(21-5-4-20-11)7-10(9)18-14(19)8-2-1-3-17-13(8)16/h1-3,6-7H,4-5H2,(H,18,19). The minimum atomic E-state index is -0.816. The fraction of sp³-hybridized carbons (Fsp3) is 0.143. The Labute approximate surface area is 128 Å². The molecule has 1 amide bonds. The van der Waals surface area contributed by atoms with Gasteiger partial charge in [0.25, 0.3) is 5.91 Å². The highest BCUT2D eigenvalue weighted by Gasteiger charge is 2.18. The molecule has 2 aromatic rings. The van der Waals surface area contributed by atoms with Gasteiger partial charge in [-0.3, -0.25) is 4.79 Å². The first-order valence-electron chi connectivity index (χ1n) is 6.16. The number of fused-ring (bicyclic) bond motifs is 1. The lowest BCUT2D eigenvalue weighted by atomic mass is 10.2. The molecule has 0 spiro atoms. The summed E-state index contributed by atoms with van der Waals surface area (Å²) in [6, 6.07) is 6.19. The predicted octanol–water partition coefficient (Wildman–Crippen LogP) is 3.01. The summed E-state index contributed by atoms with van der Waals surface area (Å²) in [6.45, 7) is 0.922. The van der Waals surface area contributed by atoms with Crippen LogP contribution in [0.25, 0.3) is 0 Å². The van der Waals surface area contributed by atoms with Gasteiger partial charge in [0, 0.05) is 22.8 Å². The molecule has 0 aliphatic carbocycles. The maximum absolute atomic E-state index is 13.5. The first kappa shape index (κ1) is 13.8. The second-order valence-electron chi connectivity index (χ2n) is 4.27. The predicted molar refractivity (Wildman–Crippen MR) is 77.3 cm³/mol. The molecule has 0 atom stereocenters. The normalized spacial score (nSPS) is 12.9. The van der Waals surface area contributed by atoms with E-state index in [1.54, 1.807) is 12.1 Å². The molecule has 3 rings (SSSR count). The number of halogens is 2. The summed E-state index contributed by atoms with van der Waals surface area (Å²) >= 11 is 3.34. The summed E-state index contributed by atoms with van der Waals surface area (Å²) in [7, 11) is 0. The number of nitrogens with one attached hydrogen (secondary N) is 1. The topological polar surface area (TPSA) is 60.5 Å². The Kier molecular flexibility index (Phi) is 3.74. The van der Waals surface area contributed by atoms with E-state index in [9.17, 15) is 9.18 Å². The molecule has 21 heavy (non-hydrogen) atoms. The van der Waals surface area contributed by atoms with Gasteiger partial charge in [-0.1, -0.05) is 0 Å². The number of benzene rings is 1. The molecular weight excluding hydrogens is 343 g/mol. The van der Waals surface area contributed by atoms with Gasteiger partial charge in [-0.25, -0.2) is 4.98 Å². The van der Waals surface area contributed by atoms with Crippen LogP contribution >= 0.6 is 15.9 Å². The largest absolute Gasteiger partial charge is 0.486 e. The number of carbonyl (C=O) groups is 1. The molecule has 7 heteroatoms. The lowest BCUT2D eigenvalue weighted by Gasteiger charge is -2.20. The van der Waals surface area contributed by atoms with Gasteiger partial charge in [-0.15, -0.1) is 0 Å². The van der Waals surface area contributed by atoms with Crippen LogP contribution in [0.1, 0.15) is 10.4 Å². The SMILES string of the molecule is O=C(Nc1cc2c(cc1Br)OCCO2)c1cccnc1F. The Morgan fingerprint density at radius 2 is 2.00 bits per heavy atom. The van der Waals surface area contributed by atoms with Crippen molar-refractivity contribution in [2.24, 2.45) is 0 Å². The van der Waals surface area contributed by atoms with Crippen LogP contribution in [0.5, 0.6) is 11.5 Å². The van der Waals surface area contributed by atoms with Crippen LogP contribution in [-0.4, -0.2) is 24.1 Å². The number of carbonyl (C=O) groups excluding carboxylic acids is 1. The molecule has 0 unspecified atom stereocenters. The van der Waals surface area contributed by atoms with E-state index in [0.29, 0.717) is 34.9 Å². The highest BCUT2D eigenvalue weighted by Crippen LogP contribution is 2.38. The quantitative estimate of drug-likeness (QED) is 0.844. The number of amides is 1. The van der Waals surface area contributed by atoms with Crippen LogP contribution in [0.2, 0.25) is 0 Å². The minimum Gasteiger partial charge on any atom is -0.486 e. The van der Waals surface area contributed by atoms with Gasteiger partial charge in [0.05, 0.1) is 11.3 Å². The molecule has 5 nitrogen and oxygen atoms in total. The smallest absolute Gasteiger partial charge is 0.260 e. The van der Waals surface area contributed by atoms with Crippen molar-refractivity contribution in [3.8, 4) is 11.5 Å². The molecule has 1 aromatic heterocycles. The highest BCUT2D eigenvalue weighted by molar-refractivity contribution is 9.10. The van der Waals surface area contributed by atoms with E-state index in [-0.39, 0.29) is 5.56 Å². The van der Waals surface area contributed by atoms with Crippen molar-refractivity contribution in [2.45, 2.75) is 0 Å². The second-order valence-corrected chi connectivity index (χ2v) is 5.13. The number of aromatic nitrogens is 1. The number of hydrogen-bond donors (Lipinski definition) is 1. The Morgan fingerprint density at radius 1 is 1.29 bits per heavy atom. The maximum Gasteiger partial charge on any atom is 0.260 e. The van der Waals surface area contributed by atoms with Crippen molar-refractivity contribution in [3.63, 3.8) is 0 Å². The number of pyridine rings is 1. The Bertz CT molecular complexity index is 709. The first-order valence-corrected chi connectivity index (χ1v) is 6.95. The van der Waals surface area contributed by atoms with Crippen LogP contribution in [0, 0.1) is 5.95 Å². The van der Waals surface area contributed by atoms with E-state index in [1.807, 2.05) is 0 Å². The first-order chi connectivity index (χ1) is 10.1. The second kappa shape index (κ2) is 5.69. The molecule has 2 heterocycles. The molecule has 0 fully saturated rings. The van der Waals surface area contributed by atoms with Gasteiger partial charge in [0.1, 0.15) is 13.2 Å². The van der Waals surface area contributed by atoms with E-state index in [4.69, 9.17) is 9.47 Å². The van der Waals surface area contributed by atoms with Gasteiger partial charge < -0.3 is 14.8 Å². The summed E-state index contributed by atoms with van der Waals surface area (Å²) in [5.41, 5.74) is 0.340. The van der Waals surface area contributed by atoms with Gasteiger partial charge in [-0.2, -0.15) is 4.39 Å². The molecular formula is C14H10BrFN2O3. The summed E-state index contributed by atoms with van der Waals surface area (Å²) < 4.78 is 25.0. The maximum atomic E-state index is 13.5. The number of ether oxygens (including phenoxy) is 2. The molecule has 1 aliphatic heterocycles. The number of anilines is 1. The zero-order chi connectivity index (χ0) is 14.8. The molecule has 1 N–H and O–H groups in total. The van der Waals surface area contributed by atoms with Gasteiger partial charge >= 0.3 is 0 Å². The van der Waals surface area contributed by atoms with Gasteiger partial charge in [-0.05, 0) is 28.1 Å². The number of hydrogen-bond acceptors (Lipinski definition) is 4. The van der Waals surface area contributed by atoms with Crippen molar-refractivity contribution in [1.82, 2.24) is 4.98 Å². The van der Waals surface area contributed by atoms with Gasteiger partial charge in [0.15, 0.2) is 11.5 Å². The third-order valence-electron chi connectivity index (χ3n) is 2.88. The van der Waals surface area contributed by atoms with Crippen molar-refractivity contribution in [3.05, 3.63) is 46.4 Å². The highest BCUT2D eigenvalue weighted by atomic mass is 79.9. The lowest BCUT2D eigenvalue weighted by Crippen LogP contribution is -2.17. The lowest BCUT2D eigenvalue weighted by molar-refractivity contribution is 0.102. The fourth-order valence-corrected chi connectivity index (χ4v) is 2.33. The van der Waals surface area contributed by atoms with E-state index >= 15 is 0 Å². The zero-order valence-corrected chi connectivity index (χ0v) is 12.3. The Morgan fingerprint density at radius 3 is 2.71 bits per heavy atom. The van der Waals surface area contributed by atoms with E-state index in [2.05, 4.69) is 26.2 Å². The molecule has 1 aromatic carbocycles. The summed E-state index contributed by atoms with van der Waals surface area (Å²) in [4.78, 5) is 15.5. The third kappa shape index (κ3) is 2.82. The van der Waals surface area contributed by atoms with Crippen LogP contribution in [0.3, 0.4) is 0 Å². The van der Waals surface area contributed by atoms with Crippen molar-refractivity contribution >= 4 is 27.5 Å². The van der Waals surface area contributed by atoms with E-state index in [1.165, 1.54) is 18.3 Å². The van der Waals surface area contributed by atoms with Crippen molar-refractivity contribution < 1.29 is 18.7 Å². The van der Waals surface area contributed by atoms with Crippen LogP contribution in [-0.2, 0) is 0 Å². The average molecular weight is 353 g/mol. The summed E-state index contributed by atoms with van der Waals surface area (Å²) in [5.74, 6) is -0.272. The number of nitrogens with zero attached hydrogens (tertiary/aromatic N) is 1. The molecule has 0 bridgehead atoms. The Hall–Kier alpha value is -2.15. The fourth-order valence-electron chi connectivity index (χ4n) is 1.90. The zero-order valence-electron chi connectivity index (χ0n) is 10.7. The summed E-state index contributed by atoms with van der Waals surface area (Å²) in [5, 5.41) is 2.62. The molecule has 0 saturated heterocycles. The van der Waals surface area contributed by atoms with Crippen LogP contribution < -0.4 is 14.8 Å². The van der Waals surface area contributed by atoms with E-state index in [0.717, 1.165) is 0 Å². The molecule has 0 radical (unpaired) electrons. The van der Waals surface area contributed by atoms with E-state index < -0.39 is 11.9 Å². The van der Waals surface area contributed by atoms with Crippen molar-refractivity contribution in [1.29, 1.82) is 0 Å². The van der Waals surface area contributed by atoms with Gasteiger partial charge in [0.2, 0.25) is 5.95 Å².